The van der Waals surface area contributed by atoms with Crippen LogP contribution >= 0.6 is 0 Å². The molecule has 9 nitrogen and oxygen atoms in total. The average Bonchev–Trinajstić information content (AvgIpc) is 3.28. The lowest BCUT2D eigenvalue weighted by atomic mass is 9.98. The molecule has 0 radical (unpaired) electrons. The number of benzene rings is 1. The van der Waals surface area contributed by atoms with E-state index in [0.717, 1.165) is 30.7 Å². The predicted octanol–water partition coefficient (Wildman–Crippen LogP) is 2.30. The Labute approximate surface area is 190 Å². The molecule has 33 heavy (non-hydrogen) atoms. The Kier molecular flexibility index (Phi) is 5.39. The fourth-order valence-corrected chi connectivity index (χ4v) is 4.84. The molecular formula is C24H27N5O4. The van der Waals surface area contributed by atoms with Crippen molar-refractivity contribution in [3.8, 4) is 5.75 Å². The van der Waals surface area contributed by atoms with Gasteiger partial charge in [-0.05, 0) is 43.5 Å². The first-order valence-corrected chi connectivity index (χ1v) is 11.3. The summed E-state index contributed by atoms with van der Waals surface area (Å²) in [7, 11) is 1.60. The summed E-state index contributed by atoms with van der Waals surface area (Å²) in [5, 5.41) is 3.21. The van der Waals surface area contributed by atoms with E-state index < -0.39 is 0 Å². The number of hydrogen-bond acceptors (Lipinski definition) is 5. The van der Waals surface area contributed by atoms with Crippen LogP contribution in [0.1, 0.15) is 59.5 Å². The number of aromatic nitrogens is 3. The quantitative estimate of drug-likeness (QED) is 0.661. The lowest BCUT2D eigenvalue weighted by Crippen LogP contribution is -2.39. The second-order valence-corrected chi connectivity index (χ2v) is 8.68. The van der Waals surface area contributed by atoms with Gasteiger partial charge >= 0.3 is 0 Å². The first kappa shape index (κ1) is 21.2. The number of methoxy groups -OCH3 is 1. The molecule has 0 unspecified atom stereocenters. The SMILES string of the molecule is COc1ccc(C(=O)N2CCCC[C@@H]2c2cc3nc4c(c(=O)n3[nH]2)CN(C(C)=O)CC4)cc1. The number of hydrogen-bond donors (Lipinski definition) is 1. The van der Waals surface area contributed by atoms with Gasteiger partial charge in [-0.15, -0.1) is 0 Å². The molecule has 2 aromatic heterocycles. The normalized spacial score (nSPS) is 18.3. The molecular weight excluding hydrogens is 422 g/mol. The minimum atomic E-state index is -0.184. The molecule has 0 saturated carbocycles. The molecule has 1 aromatic carbocycles. The van der Waals surface area contributed by atoms with Gasteiger partial charge in [0.1, 0.15) is 5.75 Å². The molecule has 172 valence electrons. The number of nitrogens with one attached hydrogen (secondary N) is 1. The van der Waals surface area contributed by atoms with E-state index in [1.54, 1.807) is 36.3 Å². The van der Waals surface area contributed by atoms with Crippen LogP contribution in [0.3, 0.4) is 0 Å². The van der Waals surface area contributed by atoms with Gasteiger partial charge in [0.25, 0.3) is 11.5 Å². The zero-order valence-electron chi connectivity index (χ0n) is 18.8. The minimum absolute atomic E-state index is 0.0438. The maximum Gasteiger partial charge on any atom is 0.277 e. The highest BCUT2D eigenvalue weighted by Gasteiger charge is 2.31. The highest BCUT2D eigenvalue weighted by molar-refractivity contribution is 5.94. The number of fused-ring (bicyclic) bond motifs is 2. The summed E-state index contributed by atoms with van der Waals surface area (Å²) >= 11 is 0. The zero-order valence-corrected chi connectivity index (χ0v) is 18.8. The molecule has 3 aromatic rings. The number of likely N-dealkylation sites (tertiary alicyclic amines) is 1. The van der Waals surface area contributed by atoms with Crippen LogP contribution in [0.25, 0.3) is 5.65 Å². The predicted molar refractivity (Wildman–Crippen MR) is 121 cm³/mol. The number of ether oxygens (including phenoxy) is 1. The smallest absolute Gasteiger partial charge is 0.277 e. The van der Waals surface area contributed by atoms with Gasteiger partial charge in [0.05, 0.1) is 36.6 Å². The third-order valence-electron chi connectivity index (χ3n) is 6.69. The van der Waals surface area contributed by atoms with Crippen LogP contribution < -0.4 is 10.3 Å². The van der Waals surface area contributed by atoms with E-state index in [0.29, 0.717) is 42.0 Å². The third-order valence-corrected chi connectivity index (χ3v) is 6.69. The Morgan fingerprint density at radius 2 is 1.94 bits per heavy atom. The summed E-state index contributed by atoms with van der Waals surface area (Å²) in [6.07, 6.45) is 3.30. The fraction of sp³-hybridized carbons (Fsp3) is 0.417. The largest absolute Gasteiger partial charge is 0.497 e. The number of carbonyl (C=O) groups excluding carboxylic acids is 2. The summed E-state index contributed by atoms with van der Waals surface area (Å²) < 4.78 is 6.65. The molecule has 2 aliphatic heterocycles. The Bertz CT molecular complexity index is 1280. The van der Waals surface area contributed by atoms with Crippen molar-refractivity contribution in [1.82, 2.24) is 24.4 Å². The molecule has 0 spiro atoms. The Balaban J connectivity index is 1.49. The van der Waals surface area contributed by atoms with Gasteiger partial charge in [0, 0.05) is 38.1 Å². The number of rotatable bonds is 3. The highest BCUT2D eigenvalue weighted by atomic mass is 16.5. The maximum atomic E-state index is 13.3. The number of aromatic amines is 1. The van der Waals surface area contributed by atoms with Crippen LogP contribution in [0.2, 0.25) is 0 Å². The highest BCUT2D eigenvalue weighted by Crippen LogP contribution is 2.32. The summed E-state index contributed by atoms with van der Waals surface area (Å²) in [5.74, 6) is 0.611. The topological polar surface area (TPSA) is 100 Å². The Hall–Kier alpha value is -3.62. The minimum Gasteiger partial charge on any atom is -0.497 e. The lowest BCUT2D eigenvalue weighted by Gasteiger charge is -2.35. The molecule has 1 saturated heterocycles. The number of nitrogens with zero attached hydrogens (tertiary/aromatic N) is 4. The summed E-state index contributed by atoms with van der Waals surface area (Å²) in [4.78, 5) is 46.6. The van der Waals surface area contributed by atoms with E-state index in [1.807, 2.05) is 11.0 Å². The zero-order chi connectivity index (χ0) is 23.1. The number of H-pyrrole nitrogens is 1. The van der Waals surface area contributed by atoms with Crippen LogP contribution in [0, 0.1) is 0 Å². The van der Waals surface area contributed by atoms with E-state index in [1.165, 1.54) is 11.4 Å². The van der Waals surface area contributed by atoms with Crippen LogP contribution in [0.4, 0.5) is 0 Å². The summed E-state index contributed by atoms with van der Waals surface area (Å²) in [6.45, 7) is 3.00. The van der Waals surface area contributed by atoms with Crippen LogP contribution in [0.5, 0.6) is 5.75 Å². The van der Waals surface area contributed by atoms with E-state index in [-0.39, 0.29) is 30.0 Å². The molecule has 1 N–H and O–H groups in total. The third kappa shape index (κ3) is 3.77. The summed E-state index contributed by atoms with van der Waals surface area (Å²) in [6, 6.07) is 8.84. The van der Waals surface area contributed by atoms with E-state index >= 15 is 0 Å². The van der Waals surface area contributed by atoms with Gasteiger partial charge in [-0.1, -0.05) is 0 Å². The van der Waals surface area contributed by atoms with Gasteiger partial charge < -0.3 is 14.5 Å². The molecule has 4 heterocycles. The van der Waals surface area contributed by atoms with Crippen molar-refractivity contribution in [2.75, 3.05) is 20.2 Å². The summed E-state index contributed by atoms with van der Waals surface area (Å²) in [5.41, 5.74) is 3.07. The lowest BCUT2D eigenvalue weighted by molar-refractivity contribution is -0.129. The van der Waals surface area contributed by atoms with Gasteiger partial charge in [0.2, 0.25) is 5.91 Å². The number of piperidine rings is 1. The monoisotopic (exact) mass is 449 g/mol. The van der Waals surface area contributed by atoms with Crippen molar-refractivity contribution in [3.05, 3.63) is 63.2 Å². The van der Waals surface area contributed by atoms with Crippen molar-refractivity contribution in [2.45, 2.75) is 45.2 Å². The first-order valence-electron chi connectivity index (χ1n) is 11.3. The van der Waals surface area contributed by atoms with Crippen molar-refractivity contribution in [3.63, 3.8) is 0 Å². The molecule has 1 fully saturated rings. The van der Waals surface area contributed by atoms with Gasteiger partial charge in [-0.25, -0.2) is 9.50 Å². The molecule has 9 heteroatoms. The van der Waals surface area contributed by atoms with Crippen LogP contribution in [-0.4, -0.2) is 56.4 Å². The second-order valence-electron chi connectivity index (χ2n) is 8.68. The molecule has 0 bridgehead atoms. The van der Waals surface area contributed by atoms with E-state index in [9.17, 15) is 14.4 Å². The van der Waals surface area contributed by atoms with E-state index in [2.05, 4.69) is 5.10 Å². The Morgan fingerprint density at radius 3 is 2.67 bits per heavy atom. The molecule has 2 amide bonds. The van der Waals surface area contributed by atoms with Gasteiger partial charge in [-0.3, -0.25) is 19.5 Å². The van der Waals surface area contributed by atoms with Crippen molar-refractivity contribution in [2.24, 2.45) is 0 Å². The van der Waals surface area contributed by atoms with E-state index in [4.69, 9.17) is 9.72 Å². The van der Waals surface area contributed by atoms with Crippen molar-refractivity contribution < 1.29 is 14.3 Å². The second kappa shape index (κ2) is 8.38. The van der Waals surface area contributed by atoms with Crippen LogP contribution in [0.15, 0.2) is 35.1 Å². The van der Waals surface area contributed by atoms with Crippen molar-refractivity contribution >= 4 is 17.5 Å². The molecule has 5 rings (SSSR count). The fourth-order valence-electron chi connectivity index (χ4n) is 4.84. The van der Waals surface area contributed by atoms with Crippen LogP contribution in [-0.2, 0) is 17.8 Å². The first-order chi connectivity index (χ1) is 16.0. The molecule has 1 atom stereocenters. The Morgan fingerprint density at radius 1 is 1.15 bits per heavy atom. The maximum absolute atomic E-state index is 13.3. The number of carbonyl (C=O) groups is 2. The molecule has 0 aliphatic carbocycles. The van der Waals surface area contributed by atoms with Gasteiger partial charge in [0.15, 0.2) is 5.65 Å². The average molecular weight is 450 g/mol. The van der Waals surface area contributed by atoms with Crippen molar-refractivity contribution in [1.29, 1.82) is 0 Å². The molecule has 2 aliphatic rings. The standard InChI is InChI=1S/C24H27N5O4/c1-15(30)27-12-10-19-18(14-27)24(32)29-22(25-19)13-20(26-29)21-5-3-4-11-28(21)23(31)16-6-8-17(33-2)9-7-16/h6-9,13,21,26H,3-5,10-12,14H2,1-2H3/t21-/m1/s1. The number of amides is 2. The van der Waals surface area contributed by atoms with Gasteiger partial charge in [-0.2, -0.15) is 0 Å².